The molecule has 4 rings (SSSR count). The van der Waals surface area contributed by atoms with Gasteiger partial charge in [0.2, 0.25) is 20.0 Å². The summed E-state index contributed by atoms with van der Waals surface area (Å²) in [5, 5.41) is 12.0. The number of likely N-dealkylation sites (tertiary alicyclic amines) is 1. The van der Waals surface area contributed by atoms with Crippen LogP contribution in [0, 0.1) is 0 Å². The van der Waals surface area contributed by atoms with Crippen LogP contribution >= 0.6 is 12.4 Å². The number of nitrogens with two attached hydrogens (primary N) is 2. The van der Waals surface area contributed by atoms with Gasteiger partial charge in [-0.1, -0.05) is 0 Å². The Hall–Kier alpha value is -0.380. The molecule has 0 aromatic carbocycles. The van der Waals surface area contributed by atoms with Crippen LogP contribution in [0.25, 0.3) is 0 Å². The highest BCUT2D eigenvalue weighted by atomic mass is 35.5. The highest BCUT2D eigenvalue weighted by molar-refractivity contribution is 7.90. The molecular weight excluding hydrogens is 460 g/mol. The molecule has 0 amide bonds. The van der Waals surface area contributed by atoms with Crippen molar-refractivity contribution in [2.75, 3.05) is 52.6 Å². The number of sulfonamides is 2. The number of carbonyl (C=O) groups is 1. The maximum Gasteiger partial charge on any atom is 0.214 e. The first-order chi connectivity index (χ1) is 13.6. The Morgan fingerprint density at radius 3 is 1.60 bits per heavy atom. The summed E-state index contributed by atoms with van der Waals surface area (Å²) in [7, 11) is -6.54. The molecule has 0 radical (unpaired) electrons. The third-order valence-corrected chi connectivity index (χ3v) is 7.80. The number of rotatable bonds is 3. The van der Waals surface area contributed by atoms with E-state index in [4.69, 9.17) is 19.8 Å². The molecule has 178 valence electrons. The lowest BCUT2D eigenvalue weighted by Crippen LogP contribution is -2.60. The second kappa shape index (κ2) is 12.6. The molecule has 30 heavy (non-hydrogen) atoms. The zero-order chi connectivity index (χ0) is 21.5. The average molecular weight is 493 g/mol. The molecule has 4 saturated heterocycles. The monoisotopic (exact) mass is 492 g/mol. The van der Waals surface area contributed by atoms with Gasteiger partial charge in [0.05, 0.1) is 18.5 Å². The van der Waals surface area contributed by atoms with Crippen molar-refractivity contribution in [3.05, 3.63) is 0 Å². The van der Waals surface area contributed by atoms with Crippen LogP contribution in [0.1, 0.15) is 25.7 Å². The fraction of sp³-hybridized carbons (Fsp3) is 0.938. The molecule has 0 aromatic rings. The van der Waals surface area contributed by atoms with Gasteiger partial charge in [0.1, 0.15) is 11.0 Å². The second-order valence-corrected chi connectivity index (χ2v) is 11.2. The van der Waals surface area contributed by atoms with Gasteiger partial charge in [0.15, 0.2) is 0 Å². The molecule has 4 heterocycles. The highest BCUT2D eigenvalue weighted by Crippen LogP contribution is 2.23. The van der Waals surface area contributed by atoms with Gasteiger partial charge in [-0.25, -0.2) is 27.1 Å². The predicted molar refractivity (Wildman–Crippen MR) is 114 cm³/mol. The Morgan fingerprint density at radius 1 is 0.833 bits per heavy atom. The third kappa shape index (κ3) is 9.40. The van der Waals surface area contributed by atoms with Crippen LogP contribution in [0.2, 0.25) is 0 Å². The molecule has 11 nitrogen and oxygen atoms in total. The van der Waals surface area contributed by atoms with E-state index in [1.165, 1.54) is 0 Å². The number of nitrogens with one attached hydrogen (secondary N) is 1. The fourth-order valence-electron chi connectivity index (χ4n) is 3.12. The van der Waals surface area contributed by atoms with Crippen LogP contribution in [0.3, 0.4) is 0 Å². The lowest BCUT2D eigenvalue weighted by Gasteiger charge is -2.44. The van der Waals surface area contributed by atoms with E-state index in [2.05, 4.69) is 10.2 Å². The molecule has 0 unspecified atom stereocenters. The van der Waals surface area contributed by atoms with Crippen molar-refractivity contribution in [2.24, 2.45) is 10.3 Å². The SMILES string of the molecule is Cl.NS(=O)(=O)C1CN(C2CCOCC2)C1.NS(=O)(=O)C1CNC1.O=C1CCOCC1. The molecule has 0 aliphatic carbocycles. The zero-order valence-electron chi connectivity index (χ0n) is 16.9. The summed E-state index contributed by atoms with van der Waals surface area (Å²) < 4.78 is 52.8. The van der Waals surface area contributed by atoms with Gasteiger partial charge < -0.3 is 14.8 Å². The van der Waals surface area contributed by atoms with E-state index in [9.17, 15) is 21.6 Å². The number of ether oxygens (including phenoxy) is 2. The Labute approximate surface area is 184 Å². The van der Waals surface area contributed by atoms with Crippen LogP contribution in [-0.2, 0) is 34.3 Å². The lowest BCUT2D eigenvalue weighted by molar-refractivity contribution is -0.124. The topological polar surface area (TPSA) is 171 Å². The molecule has 4 fully saturated rings. The number of halogens is 1. The number of hydrogen-bond donors (Lipinski definition) is 3. The Morgan fingerprint density at radius 2 is 1.30 bits per heavy atom. The Bertz CT molecular complexity index is 727. The number of carbonyl (C=O) groups excluding carboxylic acids is 1. The van der Waals surface area contributed by atoms with Crippen LogP contribution in [0.4, 0.5) is 0 Å². The maximum atomic E-state index is 11.0. The minimum atomic E-state index is -3.31. The first-order valence-corrected chi connectivity index (χ1v) is 12.9. The molecule has 4 aliphatic rings. The van der Waals surface area contributed by atoms with E-state index in [1.807, 2.05) is 0 Å². The van der Waals surface area contributed by atoms with E-state index in [-0.39, 0.29) is 22.9 Å². The van der Waals surface area contributed by atoms with Gasteiger partial charge in [-0.2, -0.15) is 0 Å². The maximum absolute atomic E-state index is 11.0. The molecule has 4 aliphatic heterocycles. The van der Waals surface area contributed by atoms with Gasteiger partial charge >= 0.3 is 0 Å². The highest BCUT2D eigenvalue weighted by Gasteiger charge is 2.38. The van der Waals surface area contributed by atoms with Crippen molar-refractivity contribution < 1.29 is 31.1 Å². The quantitative estimate of drug-likeness (QED) is 0.409. The number of ketones is 1. The molecule has 5 N–H and O–H groups in total. The van der Waals surface area contributed by atoms with Gasteiger partial charge in [-0.05, 0) is 12.8 Å². The van der Waals surface area contributed by atoms with Crippen molar-refractivity contribution in [3.63, 3.8) is 0 Å². The number of hydrogen-bond acceptors (Lipinski definition) is 9. The molecule has 0 aromatic heterocycles. The van der Waals surface area contributed by atoms with Crippen LogP contribution in [0.15, 0.2) is 0 Å². The van der Waals surface area contributed by atoms with E-state index in [0.717, 1.165) is 26.1 Å². The first kappa shape index (κ1) is 27.7. The molecule has 14 heteroatoms. The number of nitrogens with zero attached hydrogens (tertiary/aromatic N) is 1. The number of Topliss-reactive ketones (excluding diaryl/α,β-unsaturated/α-hetero) is 1. The van der Waals surface area contributed by atoms with E-state index in [1.54, 1.807) is 0 Å². The van der Waals surface area contributed by atoms with Crippen molar-refractivity contribution in [3.8, 4) is 0 Å². The standard InChI is InChI=1S/C8H16N2O3S.C5H8O2.C3H8N2O2S.ClH/c9-14(11,12)8-5-10(6-8)7-1-3-13-4-2-7;6-5-1-3-7-4-2-5;4-8(6,7)3-1-5-2-3;/h7-8H,1-6H2,(H2,9,11,12);1-4H2;3,5H,1-2H2,(H2,4,6,7);1H. The molecule has 0 bridgehead atoms. The summed E-state index contributed by atoms with van der Waals surface area (Å²) in [6, 6.07) is 0.502. The van der Waals surface area contributed by atoms with Gasteiger partial charge in [-0.15, -0.1) is 12.4 Å². The minimum Gasteiger partial charge on any atom is -0.381 e. The third-order valence-electron chi connectivity index (χ3n) is 5.31. The summed E-state index contributed by atoms with van der Waals surface area (Å²) in [5.41, 5.74) is 0. The van der Waals surface area contributed by atoms with Crippen LogP contribution in [0.5, 0.6) is 0 Å². The molecule has 0 atom stereocenters. The predicted octanol–water partition coefficient (Wildman–Crippen LogP) is -1.83. The summed E-state index contributed by atoms with van der Waals surface area (Å²) in [4.78, 5) is 12.6. The van der Waals surface area contributed by atoms with Crippen LogP contribution in [-0.4, -0.2) is 96.7 Å². The van der Waals surface area contributed by atoms with Crippen LogP contribution < -0.4 is 15.6 Å². The van der Waals surface area contributed by atoms with Crippen molar-refractivity contribution in [2.45, 2.75) is 42.2 Å². The minimum absolute atomic E-state index is 0. The van der Waals surface area contributed by atoms with Gasteiger partial charge in [0, 0.05) is 58.3 Å². The Balaban J connectivity index is 0.000000241. The fourth-order valence-corrected chi connectivity index (χ4v) is 4.62. The Kier molecular flexibility index (Phi) is 11.6. The zero-order valence-corrected chi connectivity index (χ0v) is 19.4. The van der Waals surface area contributed by atoms with Crippen molar-refractivity contribution in [1.29, 1.82) is 0 Å². The van der Waals surface area contributed by atoms with Gasteiger partial charge in [0.25, 0.3) is 0 Å². The average Bonchev–Trinajstić information content (AvgIpc) is 2.52. The number of primary sulfonamides is 2. The van der Waals surface area contributed by atoms with E-state index >= 15 is 0 Å². The summed E-state index contributed by atoms with van der Waals surface area (Å²) in [5.74, 6) is 0.339. The molecular formula is C16H33ClN4O7S2. The molecule has 0 saturated carbocycles. The summed E-state index contributed by atoms with van der Waals surface area (Å²) in [6.45, 7) is 5.09. The van der Waals surface area contributed by atoms with Crippen molar-refractivity contribution in [1.82, 2.24) is 10.2 Å². The van der Waals surface area contributed by atoms with Gasteiger partial charge in [-0.3, -0.25) is 9.69 Å². The van der Waals surface area contributed by atoms with E-state index in [0.29, 0.717) is 64.1 Å². The summed E-state index contributed by atoms with van der Waals surface area (Å²) in [6.07, 6.45) is 3.27. The van der Waals surface area contributed by atoms with Crippen molar-refractivity contribution >= 4 is 38.2 Å². The smallest absolute Gasteiger partial charge is 0.214 e. The second-order valence-electron chi connectivity index (χ2n) is 7.53. The lowest BCUT2D eigenvalue weighted by atomic mass is 10.0. The first-order valence-electron chi connectivity index (χ1n) is 9.72. The molecule has 0 spiro atoms. The normalized spacial score (nSPS) is 24.1. The summed E-state index contributed by atoms with van der Waals surface area (Å²) >= 11 is 0. The van der Waals surface area contributed by atoms with E-state index < -0.39 is 20.0 Å². The largest absolute Gasteiger partial charge is 0.381 e.